The largest absolute Gasteiger partial charge is 0.378 e. The fourth-order valence-corrected chi connectivity index (χ4v) is 4.37. The summed E-state index contributed by atoms with van der Waals surface area (Å²) in [4.78, 5) is 2.46. The minimum absolute atomic E-state index is 0.780. The number of fused-ring (bicyclic) bond motifs is 1. The maximum atomic E-state index is 5.59. The Kier molecular flexibility index (Phi) is 5.81. The van der Waals surface area contributed by atoms with E-state index < -0.39 is 0 Å². The molecule has 5 rings (SSSR count). The molecule has 0 aromatic heterocycles. The number of morpholine rings is 1. The lowest BCUT2D eigenvalue weighted by Crippen LogP contribution is -2.36. The van der Waals surface area contributed by atoms with E-state index in [1.54, 1.807) is 0 Å². The normalized spacial score (nSPS) is 18.5. The summed E-state index contributed by atoms with van der Waals surface area (Å²) in [6, 6.07) is 25.3. The minimum atomic E-state index is 0.780. The number of anilines is 1. The number of hydrazone groups is 1. The highest BCUT2D eigenvalue weighted by atomic mass is 16.5. The molecule has 4 nitrogen and oxygen atoms in total. The molecule has 31 heavy (non-hydrogen) atoms. The summed E-state index contributed by atoms with van der Waals surface area (Å²) in [6.07, 6.45) is 6.38. The molecule has 3 aromatic carbocycles. The monoisotopic (exact) mass is 409 g/mol. The molecular formula is C27H27N3O. The summed E-state index contributed by atoms with van der Waals surface area (Å²) in [5.74, 6) is 0. The topological polar surface area (TPSA) is 36.9 Å². The molecule has 1 saturated heterocycles. The van der Waals surface area contributed by atoms with Gasteiger partial charge < -0.3 is 9.64 Å². The zero-order chi connectivity index (χ0) is 20.9. The maximum Gasteiger partial charge on any atom is 0.0642 e. The Labute approximate surface area is 183 Å². The molecule has 0 atom stereocenters. The molecule has 2 aliphatic rings. The van der Waals surface area contributed by atoms with Gasteiger partial charge in [-0.05, 0) is 58.5 Å². The fraction of sp³-hybridized carbons (Fsp3) is 0.222. The van der Waals surface area contributed by atoms with Crippen LogP contribution in [0.5, 0.6) is 0 Å². The van der Waals surface area contributed by atoms with E-state index in [1.807, 2.05) is 6.21 Å². The Morgan fingerprint density at radius 1 is 0.839 bits per heavy atom. The van der Waals surface area contributed by atoms with E-state index in [9.17, 15) is 0 Å². The van der Waals surface area contributed by atoms with Crippen LogP contribution in [0.2, 0.25) is 0 Å². The van der Waals surface area contributed by atoms with Crippen molar-refractivity contribution in [2.75, 3.05) is 31.7 Å². The second kappa shape index (κ2) is 9.19. The van der Waals surface area contributed by atoms with Gasteiger partial charge >= 0.3 is 0 Å². The third kappa shape index (κ3) is 4.54. The molecule has 3 aromatic rings. The molecule has 4 heteroatoms. The summed E-state index contributed by atoms with van der Waals surface area (Å²) in [6.45, 7) is 3.41. The average Bonchev–Trinajstić information content (AvgIpc) is 3.22. The van der Waals surface area contributed by atoms with Crippen molar-refractivity contribution in [1.29, 1.82) is 0 Å². The zero-order valence-corrected chi connectivity index (χ0v) is 17.6. The van der Waals surface area contributed by atoms with Crippen molar-refractivity contribution in [2.24, 2.45) is 5.10 Å². The van der Waals surface area contributed by atoms with Gasteiger partial charge in [-0.1, -0.05) is 60.7 Å². The number of nitrogens with one attached hydrogen (secondary N) is 1. The first-order valence-electron chi connectivity index (χ1n) is 11.0. The number of hydrogen-bond acceptors (Lipinski definition) is 4. The smallest absolute Gasteiger partial charge is 0.0642 e. The molecular weight excluding hydrogens is 382 g/mol. The van der Waals surface area contributed by atoms with E-state index in [4.69, 9.17) is 4.74 Å². The Hall–Kier alpha value is -3.37. The zero-order valence-electron chi connectivity index (χ0n) is 17.6. The van der Waals surface area contributed by atoms with Crippen LogP contribution in [-0.4, -0.2) is 37.4 Å². The van der Waals surface area contributed by atoms with Crippen LogP contribution in [0.1, 0.15) is 18.4 Å². The van der Waals surface area contributed by atoms with Gasteiger partial charge in [0.25, 0.3) is 0 Å². The number of rotatable bonds is 5. The highest BCUT2D eigenvalue weighted by Gasteiger charge is 2.25. The van der Waals surface area contributed by atoms with Crippen LogP contribution < -0.4 is 5.43 Å². The highest BCUT2D eigenvalue weighted by Crippen LogP contribution is 2.35. The summed E-state index contributed by atoms with van der Waals surface area (Å²) < 4.78 is 5.59. The van der Waals surface area contributed by atoms with Gasteiger partial charge in [-0.2, -0.15) is 5.10 Å². The molecule has 1 fully saturated rings. The van der Waals surface area contributed by atoms with Crippen LogP contribution in [-0.2, 0) is 4.74 Å². The van der Waals surface area contributed by atoms with Gasteiger partial charge in [0.05, 0.1) is 25.1 Å². The predicted octanol–water partition coefficient (Wildman–Crippen LogP) is 5.70. The van der Waals surface area contributed by atoms with Gasteiger partial charge in [0.2, 0.25) is 0 Å². The first-order chi connectivity index (χ1) is 15.4. The van der Waals surface area contributed by atoms with E-state index in [2.05, 4.69) is 94.3 Å². The van der Waals surface area contributed by atoms with E-state index in [-0.39, 0.29) is 0 Å². The maximum absolute atomic E-state index is 5.59. The molecule has 1 N–H and O–H groups in total. The first-order valence-corrected chi connectivity index (χ1v) is 11.0. The lowest BCUT2D eigenvalue weighted by atomic mass is 10.1. The van der Waals surface area contributed by atoms with Gasteiger partial charge in [0.15, 0.2) is 0 Å². The fourth-order valence-electron chi connectivity index (χ4n) is 4.37. The standard InChI is InChI=1S/C27H27N3O/c1-2-6-21(7-3-1)18-24-10-11-25(27(24)30-14-16-31-17-15-30)20-28-29-26-13-12-22-8-4-5-9-23(22)19-26/h1-9,12-13,18-20,29H,10-11,14-17H2/b24-18+,28-20-. The van der Waals surface area contributed by atoms with Crippen molar-refractivity contribution in [3.05, 3.63) is 95.2 Å². The van der Waals surface area contributed by atoms with E-state index in [1.165, 1.54) is 33.2 Å². The van der Waals surface area contributed by atoms with Crippen molar-refractivity contribution < 1.29 is 4.74 Å². The van der Waals surface area contributed by atoms with Crippen molar-refractivity contribution >= 4 is 28.8 Å². The molecule has 1 heterocycles. The summed E-state index contributed by atoms with van der Waals surface area (Å²) >= 11 is 0. The molecule has 0 amide bonds. The van der Waals surface area contributed by atoms with Crippen LogP contribution in [0.25, 0.3) is 16.8 Å². The number of nitrogens with zero attached hydrogens (tertiary/aromatic N) is 2. The van der Waals surface area contributed by atoms with Crippen LogP contribution in [0.4, 0.5) is 5.69 Å². The number of hydrogen-bond donors (Lipinski definition) is 1. The third-order valence-electron chi connectivity index (χ3n) is 5.90. The van der Waals surface area contributed by atoms with E-state index in [0.717, 1.165) is 44.8 Å². The van der Waals surface area contributed by atoms with Gasteiger partial charge in [-0.15, -0.1) is 0 Å². The Bertz CT molecular complexity index is 1140. The second-order valence-corrected chi connectivity index (χ2v) is 7.99. The molecule has 0 spiro atoms. The lowest BCUT2D eigenvalue weighted by molar-refractivity contribution is 0.0548. The second-order valence-electron chi connectivity index (χ2n) is 7.99. The Balaban J connectivity index is 1.41. The first kappa shape index (κ1) is 19.6. The average molecular weight is 410 g/mol. The quantitative estimate of drug-likeness (QED) is 0.434. The summed E-state index contributed by atoms with van der Waals surface area (Å²) in [5.41, 5.74) is 9.48. The lowest BCUT2D eigenvalue weighted by Gasteiger charge is -2.31. The summed E-state index contributed by atoms with van der Waals surface area (Å²) in [5, 5.41) is 7.05. The highest BCUT2D eigenvalue weighted by molar-refractivity contribution is 5.87. The van der Waals surface area contributed by atoms with E-state index in [0.29, 0.717) is 0 Å². The van der Waals surface area contributed by atoms with Crippen molar-refractivity contribution in [1.82, 2.24) is 4.90 Å². The van der Waals surface area contributed by atoms with Gasteiger partial charge in [-0.25, -0.2) is 0 Å². The van der Waals surface area contributed by atoms with Gasteiger partial charge in [0, 0.05) is 18.8 Å². The van der Waals surface area contributed by atoms with E-state index >= 15 is 0 Å². The number of benzene rings is 3. The molecule has 0 bridgehead atoms. The van der Waals surface area contributed by atoms with Crippen molar-refractivity contribution in [3.8, 4) is 0 Å². The molecule has 1 aliphatic heterocycles. The SMILES string of the molecule is C(=N/Nc1ccc2ccccc2c1)/C1=C(N2CCOCC2)C(=C/c2ccccc2)/CC1. The van der Waals surface area contributed by atoms with Crippen molar-refractivity contribution in [2.45, 2.75) is 12.8 Å². The van der Waals surface area contributed by atoms with Crippen LogP contribution in [0, 0.1) is 0 Å². The number of ether oxygens (including phenoxy) is 1. The van der Waals surface area contributed by atoms with Crippen LogP contribution >= 0.6 is 0 Å². The molecule has 0 unspecified atom stereocenters. The molecule has 0 saturated carbocycles. The molecule has 156 valence electrons. The molecule has 1 aliphatic carbocycles. The minimum Gasteiger partial charge on any atom is -0.378 e. The summed E-state index contributed by atoms with van der Waals surface area (Å²) in [7, 11) is 0. The third-order valence-corrected chi connectivity index (χ3v) is 5.90. The van der Waals surface area contributed by atoms with Crippen molar-refractivity contribution in [3.63, 3.8) is 0 Å². The van der Waals surface area contributed by atoms with Gasteiger partial charge in [-0.3, -0.25) is 5.43 Å². The number of allylic oxidation sites excluding steroid dienone is 2. The van der Waals surface area contributed by atoms with Gasteiger partial charge in [0.1, 0.15) is 0 Å². The Morgan fingerprint density at radius 2 is 1.61 bits per heavy atom. The molecule has 0 radical (unpaired) electrons. The predicted molar refractivity (Wildman–Crippen MR) is 129 cm³/mol. The Morgan fingerprint density at radius 3 is 2.45 bits per heavy atom. The van der Waals surface area contributed by atoms with Crippen LogP contribution in [0.3, 0.4) is 0 Å². The van der Waals surface area contributed by atoms with Crippen LogP contribution in [0.15, 0.2) is 94.7 Å².